The summed E-state index contributed by atoms with van der Waals surface area (Å²) in [4.78, 5) is 26.3. The molecule has 1 aromatic rings. The zero-order valence-corrected chi connectivity index (χ0v) is 10.6. The molecule has 0 atom stereocenters. The van der Waals surface area contributed by atoms with Crippen molar-refractivity contribution in [3.63, 3.8) is 0 Å². The lowest BCUT2D eigenvalue weighted by atomic mass is 9.75. The van der Waals surface area contributed by atoms with E-state index in [1.807, 2.05) is 0 Å². The predicted octanol–water partition coefficient (Wildman–Crippen LogP) is 0.919. The van der Waals surface area contributed by atoms with Crippen molar-refractivity contribution in [1.82, 2.24) is 4.98 Å². The van der Waals surface area contributed by atoms with Gasteiger partial charge in [-0.1, -0.05) is 0 Å². The van der Waals surface area contributed by atoms with Gasteiger partial charge in [0, 0.05) is 12.0 Å². The average Bonchev–Trinajstić information content (AvgIpc) is 2.29. The van der Waals surface area contributed by atoms with E-state index in [2.05, 4.69) is 10.3 Å². The largest absolute Gasteiger partial charge is 0.481 e. The van der Waals surface area contributed by atoms with Gasteiger partial charge in [-0.2, -0.15) is 0 Å². The molecule has 1 saturated carbocycles. The number of aliphatic carboxylic acids is 1. The summed E-state index contributed by atoms with van der Waals surface area (Å²) in [6, 6.07) is 3.23. The van der Waals surface area contributed by atoms with Gasteiger partial charge in [-0.15, -0.1) is 0 Å². The molecular weight excluding hydrogens is 246 g/mol. The summed E-state index contributed by atoms with van der Waals surface area (Å²) in [5.41, 5.74) is 6.66. The molecule has 0 radical (unpaired) electrons. The number of carbonyl (C=O) groups is 2. The quantitative estimate of drug-likeness (QED) is 0.732. The Hall–Kier alpha value is -1.95. The lowest BCUT2D eigenvalue weighted by Gasteiger charge is -2.37. The van der Waals surface area contributed by atoms with E-state index >= 15 is 0 Å². The van der Waals surface area contributed by atoms with E-state index in [-0.39, 0.29) is 17.9 Å². The third kappa shape index (κ3) is 3.75. The average molecular weight is 263 g/mol. The summed E-state index contributed by atoms with van der Waals surface area (Å²) >= 11 is 0. The van der Waals surface area contributed by atoms with Crippen molar-refractivity contribution in [2.75, 3.05) is 5.32 Å². The smallest absolute Gasteiger partial charge is 0.309 e. The Morgan fingerprint density at radius 2 is 2.16 bits per heavy atom. The molecule has 1 aliphatic rings. The molecular formula is C13H17N3O3. The normalized spacial score (nSPS) is 16.5. The number of nitrogens with two attached hydrogens (primary N) is 1. The fraction of sp³-hybridized carbons (Fsp3) is 0.462. The first-order valence-electron chi connectivity index (χ1n) is 6.22. The van der Waals surface area contributed by atoms with Crippen LogP contribution in [-0.2, 0) is 16.0 Å². The zero-order chi connectivity index (χ0) is 13.9. The van der Waals surface area contributed by atoms with Gasteiger partial charge in [0.1, 0.15) is 0 Å². The van der Waals surface area contributed by atoms with Crippen molar-refractivity contribution in [3.05, 3.63) is 24.0 Å². The molecule has 0 spiro atoms. The molecule has 102 valence electrons. The summed E-state index contributed by atoms with van der Waals surface area (Å²) in [5.74, 6) is -1.06. The number of hydrogen-bond donors (Lipinski definition) is 3. The second-order valence-corrected chi connectivity index (χ2v) is 5.05. The summed E-state index contributed by atoms with van der Waals surface area (Å²) in [7, 11) is 0. The molecule has 6 nitrogen and oxygen atoms in total. The van der Waals surface area contributed by atoms with Crippen LogP contribution in [-0.4, -0.2) is 27.5 Å². The SMILES string of the molecule is NC1(CC(=O)Nc2ccc(CC(=O)O)nc2)CCC1. The highest BCUT2D eigenvalue weighted by molar-refractivity contribution is 5.91. The van der Waals surface area contributed by atoms with Crippen LogP contribution in [0.25, 0.3) is 0 Å². The van der Waals surface area contributed by atoms with E-state index in [1.165, 1.54) is 6.20 Å². The number of nitrogens with one attached hydrogen (secondary N) is 1. The van der Waals surface area contributed by atoms with E-state index in [4.69, 9.17) is 10.8 Å². The van der Waals surface area contributed by atoms with Crippen LogP contribution in [0.4, 0.5) is 5.69 Å². The number of carbonyl (C=O) groups excluding carboxylic acids is 1. The van der Waals surface area contributed by atoms with Gasteiger partial charge in [0.05, 0.1) is 24.0 Å². The third-order valence-corrected chi connectivity index (χ3v) is 3.30. The van der Waals surface area contributed by atoms with Gasteiger partial charge >= 0.3 is 5.97 Å². The lowest BCUT2D eigenvalue weighted by molar-refractivity contribution is -0.136. The van der Waals surface area contributed by atoms with Crippen LogP contribution in [0.1, 0.15) is 31.4 Å². The van der Waals surface area contributed by atoms with Gasteiger partial charge < -0.3 is 16.2 Å². The highest BCUT2D eigenvalue weighted by atomic mass is 16.4. The Kier molecular flexibility index (Phi) is 3.80. The number of pyridine rings is 1. The molecule has 0 unspecified atom stereocenters. The van der Waals surface area contributed by atoms with Crippen LogP contribution in [0.2, 0.25) is 0 Å². The molecule has 0 aromatic carbocycles. The first-order valence-corrected chi connectivity index (χ1v) is 6.22. The molecule has 4 N–H and O–H groups in total. The van der Waals surface area contributed by atoms with Gasteiger partial charge in [-0.3, -0.25) is 14.6 Å². The van der Waals surface area contributed by atoms with Gasteiger partial charge in [0.15, 0.2) is 0 Å². The van der Waals surface area contributed by atoms with Crippen LogP contribution < -0.4 is 11.1 Å². The molecule has 1 heterocycles. The number of amides is 1. The Morgan fingerprint density at radius 3 is 2.63 bits per heavy atom. The van der Waals surface area contributed by atoms with E-state index in [0.717, 1.165) is 19.3 Å². The van der Waals surface area contributed by atoms with Crippen molar-refractivity contribution < 1.29 is 14.7 Å². The van der Waals surface area contributed by atoms with Crippen molar-refractivity contribution in [2.24, 2.45) is 5.73 Å². The molecule has 1 aliphatic carbocycles. The number of anilines is 1. The molecule has 1 amide bonds. The Bertz CT molecular complexity index is 480. The van der Waals surface area contributed by atoms with Gasteiger partial charge in [-0.05, 0) is 31.4 Å². The Balaban J connectivity index is 1.88. The van der Waals surface area contributed by atoms with Crippen molar-refractivity contribution in [2.45, 2.75) is 37.6 Å². The number of carboxylic acids is 1. The fourth-order valence-electron chi connectivity index (χ4n) is 2.09. The highest BCUT2D eigenvalue weighted by Gasteiger charge is 2.34. The van der Waals surface area contributed by atoms with Crippen molar-refractivity contribution >= 4 is 17.6 Å². The molecule has 1 aromatic heterocycles. The van der Waals surface area contributed by atoms with Crippen molar-refractivity contribution in [1.29, 1.82) is 0 Å². The standard InChI is InChI=1S/C13H17N3O3/c14-13(4-1-5-13)7-11(17)16-10-3-2-9(15-8-10)6-12(18)19/h2-3,8H,1,4-7,14H2,(H,16,17)(H,18,19). The molecule has 1 fully saturated rings. The maximum absolute atomic E-state index is 11.8. The second-order valence-electron chi connectivity index (χ2n) is 5.05. The fourth-order valence-corrected chi connectivity index (χ4v) is 2.09. The number of aromatic nitrogens is 1. The Labute approximate surface area is 111 Å². The third-order valence-electron chi connectivity index (χ3n) is 3.30. The first-order chi connectivity index (χ1) is 8.97. The number of hydrogen-bond acceptors (Lipinski definition) is 4. The van der Waals surface area contributed by atoms with Crippen LogP contribution in [0, 0.1) is 0 Å². The minimum absolute atomic E-state index is 0.125. The molecule has 0 bridgehead atoms. The minimum Gasteiger partial charge on any atom is -0.481 e. The van der Waals surface area contributed by atoms with Crippen LogP contribution in [0.3, 0.4) is 0 Å². The molecule has 2 rings (SSSR count). The summed E-state index contributed by atoms with van der Waals surface area (Å²) in [6.07, 6.45) is 4.49. The number of nitrogens with zero attached hydrogens (tertiary/aromatic N) is 1. The van der Waals surface area contributed by atoms with E-state index < -0.39 is 5.97 Å². The van der Waals surface area contributed by atoms with Crippen LogP contribution in [0.15, 0.2) is 18.3 Å². The first kappa shape index (κ1) is 13.5. The summed E-state index contributed by atoms with van der Waals surface area (Å²) in [6.45, 7) is 0. The van der Waals surface area contributed by atoms with Gasteiger partial charge in [0.25, 0.3) is 0 Å². The highest BCUT2D eigenvalue weighted by Crippen LogP contribution is 2.32. The summed E-state index contributed by atoms with van der Waals surface area (Å²) in [5, 5.41) is 11.3. The lowest BCUT2D eigenvalue weighted by Crippen LogP contribution is -2.48. The summed E-state index contributed by atoms with van der Waals surface area (Å²) < 4.78 is 0. The zero-order valence-electron chi connectivity index (χ0n) is 10.6. The van der Waals surface area contributed by atoms with Crippen LogP contribution in [0.5, 0.6) is 0 Å². The minimum atomic E-state index is -0.931. The topological polar surface area (TPSA) is 105 Å². The van der Waals surface area contributed by atoms with Gasteiger partial charge in [-0.25, -0.2) is 0 Å². The van der Waals surface area contributed by atoms with Crippen LogP contribution >= 0.6 is 0 Å². The molecule has 6 heteroatoms. The predicted molar refractivity (Wildman–Crippen MR) is 69.6 cm³/mol. The van der Waals surface area contributed by atoms with E-state index in [0.29, 0.717) is 17.8 Å². The van der Waals surface area contributed by atoms with E-state index in [9.17, 15) is 9.59 Å². The maximum Gasteiger partial charge on any atom is 0.309 e. The maximum atomic E-state index is 11.8. The van der Waals surface area contributed by atoms with E-state index in [1.54, 1.807) is 12.1 Å². The van der Waals surface area contributed by atoms with Gasteiger partial charge in [0.2, 0.25) is 5.91 Å². The molecule has 0 saturated heterocycles. The number of rotatable bonds is 5. The number of carboxylic acid groups (broad SMARTS) is 1. The molecule has 19 heavy (non-hydrogen) atoms. The second kappa shape index (κ2) is 5.36. The monoisotopic (exact) mass is 263 g/mol. The molecule has 0 aliphatic heterocycles. The Morgan fingerprint density at radius 1 is 1.42 bits per heavy atom. The van der Waals surface area contributed by atoms with Crippen molar-refractivity contribution in [3.8, 4) is 0 Å².